The molecule has 0 amide bonds. The second kappa shape index (κ2) is 6.42. The Bertz CT molecular complexity index is 639. The van der Waals surface area contributed by atoms with E-state index in [-0.39, 0.29) is 5.82 Å². The maximum absolute atomic E-state index is 14.3. The number of ether oxygens (including phenoxy) is 1. The number of rotatable bonds is 7. The fourth-order valence-electron chi connectivity index (χ4n) is 2.45. The Morgan fingerprint density at radius 2 is 2.29 bits per heavy atom. The molecule has 4 nitrogen and oxygen atoms in total. The molecule has 1 N–H and O–H groups in total. The van der Waals surface area contributed by atoms with Crippen molar-refractivity contribution in [3.05, 3.63) is 28.1 Å². The van der Waals surface area contributed by atoms with Crippen LogP contribution in [0.3, 0.4) is 0 Å². The topological polar surface area (TPSA) is 39.1 Å². The molecule has 0 radical (unpaired) electrons. The molecule has 0 saturated heterocycles. The Hall–Kier alpha value is -0.980. The normalized spacial score (nSPS) is 15.0. The molecule has 0 unspecified atom stereocenters. The molecule has 1 aromatic carbocycles. The molecule has 1 aliphatic carbocycles. The van der Waals surface area contributed by atoms with Crippen LogP contribution in [0.15, 0.2) is 16.7 Å². The van der Waals surface area contributed by atoms with Crippen LogP contribution < -0.4 is 5.32 Å². The summed E-state index contributed by atoms with van der Waals surface area (Å²) in [5.74, 6) is -0.218. The van der Waals surface area contributed by atoms with Gasteiger partial charge in [-0.3, -0.25) is 4.68 Å². The quantitative estimate of drug-likeness (QED) is 0.775. The number of fused-ring (bicyclic) bond motifs is 1. The van der Waals surface area contributed by atoms with E-state index < -0.39 is 0 Å². The fraction of sp³-hybridized carbons (Fsp3) is 0.533. The van der Waals surface area contributed by atoms with Gasteiger partial charge in [0.25, 0.3) is 0 Å². The van der Waals surface area contributed by atoms with Crippen molar-refractivity contribution in [2.45, 2.75) is 38.4 Å². The molecule has 1 saturated carbocycles. The minimum Gasteiger partial charge on any atom is -0.385 e. The van der Waals surface area contributed by atoms with E-state index in [0.29, 0.717) is 29.2 Å². The summed E-state index contributed by atoms with van der Waals surface area (Å²) in [6.07, 6.45) is 3.31. The minimum atomic E-state index is -0.218. The van der Waals surface area contributed by atoms with Crippen LogP contribution >= 0.6 is 15.9 Å². The number of benzene rings is 1. The molecule has 21 heavy (non-hydrogen) atoms. The summed E-state index contributed by atoms with van der Waals surface area (Å²) in [7, 11) is 1.68. The number of nitrogens with zero attached hydrogens (tertiary/aromatic N) is 2. The summed E-state index contributed by atoms with van der Waals surface area (Å²) in [6, 6.07) is 4.24. The van der Waals surface area contributed by atoms with Gasteiger partial charge in [0.15, 0.2) is 0 Å². The Morgan fingerprint density at radius 3 is 3.00 bits per heavy atom. The van der Waals surface area contributed by atoms with E-state index in [0.717, 1.165) is 24.0 Å². The lowest BCUT2D eigenvalue weighted by Crippen LogP contribution is -2.15. The number of methoxy groups -OCH3 is 1. The van der Waals surface area contributed by atoms with E-state index >= 15 is 0 Å². The molecule has 114 valence electrons. The SMILES string of the molecule is COCCCn1nc(Br)c2c(F)cc(CNC3CC3)cc21. The second-order valence-electron chi connectivity index (χ2n) is 5.49. The molecule has 1 aliphatic rings. The molecule has 2 aromatic rings. The van der Waals surface area contributed by atoms with Gasteiger partial charge in [-0.25, -0.2) is 4.39 Å². The van der Waals surface area contributed by atoms with Gasteiger partial charge in [-0.05, 0) is 52.9 Å². The summed E-state index contributed by atoms with van der Waals surface area (Å²) in [6.45, 7) is 2.09. The molecule has 1 heterocycles. The Balaban J connectivity index is 1.87. The molecule has 6 heteroatoms. The summed E-state index contributed by atoms with van der Waals surface area (Å²) in [4.78, 5) is 0. The van der Waals surface area contributed by atoms with Crippen molar-refractivity contribution in [3.63, 3.8) is 0 Å². The summed E-state index contributed by atoms with van der Waals surface area (Å²) >= 11 is 3.36. The number of hydrogen-bond donors (Lipinski definition) is 1. The van der Waals surface area contributed by atoms with Crippen LogP contribution in [0.1, 0.15) is 24.8 Å². The zero-order chi connectivity index (χ0) is 14.8. The molecule has 0 atom stereocenters. The van der Waals surface area contributed by atoms with Crippen molar-refractivity contribution in [2.24, 2.45) is 0 Å². The number of halogens is 2. The number of nitrogens with one attached hydrogen (secondary N) is 1. The van der Waals surface area contributed by atoms with Gasteiger partial charge in [-0.15, -0.1) is 0 Å². The van der Waals surface area contributed by atoms with Crippen LogP contribution in [0.4, 0.5) is 4.39 Å². The van der Waals surface area contributed by atoms with E-state index in [1.807, 2.05) is 10.7 Å². The lowest BCUT2D eigenvalue weighted by atomic mass is 10.1. The standard InChI is InChI=1S/C15H19BrFN3O/c1-21-6-2-5-20-13-8-10(9-18-11-3-4-11)7-12(17)14(13)15(16)19-20/h7-8,11,18H,2-6,9H2,1H3. The van der Waals surface area contributed by atoms with Gasteiger partial charge < -0.3 is 10.1 Å². The van der Waals surface area contributed by atoms with E-state index in [9.17, 15) is 4.39 Å². The van der Waals surface area contributed by atoms with Crippen LogP contribution in [0.2, 0.25) is 0 Å². The Morgan fingerprint density at radius 1 is 1.48 bits per heavy atom. The molecule has 0 spiro atoms. The van der Waals surface area contributed by atoms with Gasteiger partial charge in [-0.1, -0.05) is 0 Å². The molecular weight excluding hydrogens is 337 g/mol. The highest BCUT2D eigenvalue weighted by atomic mass is 79.9. The van der Waals surface area contributed by atoms with Gasteiger partial charge in [0, 0.05) is 32.8 Å². The maximum atomic E-state index is 14.3. The van der Waals surface area contributed by atoms with E-state index in [4.69, 9.17) is 4.74 Å². The molecule has 1 aromatic heterocycles. The van der Waals surface area contributed by atoms with E-state index in [1.165, 1.54) is 12.8 Å². The first-order valence-electron chi connectivity index (χ1n) is 7.26. The molecule has 3 rings (SSSR count). The highest BCUT2D eigenvalue weighted by Gasteiger charge is 2.21. The van der Waals surface area contributed by atoms with Crippen LogP contribution in [0.5, 0.6) is 0 Å². The summed E-state index contributed by atoms with van der Waals surface area (Å²) < 4.78 is 21.8. The largest absolute Gasteiger partial charge is 0.385 e. The van der Waals surface area contributed by atoms with Crippen LogP contribution in [0.25, 0.3) is 10.9 Å². The van der Waals surface area contributed by atoms with Crippen LogP contribution in [-0.4, -0.2) is 29.5 Å². The van der Waals surface area contributed by atoms with Crippen molar-refractivity contribution < 1.29 is 9.13 Å². The van der Waals surface area contributed by atoms with Crippen molar-refractivity contribution >= 4 is 26.8 Å². The highest BCUT2D eigenvalue weighted by Crippen LogP contribution is 2.28. The Kier molecular flexibility index (Phi) is 4.57. The molecule has 1 fully saturated rings. The van der Waals surface area contributed by atoms with Crippen LogP contribution in [-0.2, 0) is 17.8 Å². The second-order valence-corrected chi connectivity index (χ2v) is 6.24. The predicted molar refractivity (Wildman–Crippen MR) is 83.7 cm³/mol. The highest BCUT2D eigenvalue weighted by molar-refractivity contribution is 9.10. The number of aryl methyl sites for hydroxylation is 1. The van der Waals surface area contributed by atoms with Crippen molar-refractivity contribution in [2.75, 3.05) is 13.7 Å². The third-order valence-corrected chi connectivity index (χ3v) is 4.27. The van der Waals surface area contributed by atoms with Gasteiger partial charge in [0.2, 0.25) is 0 Å². The van der Waals surface area contributed by atoms with E-state index in [1.54, 1.807) is 13.2 Å². The third-order valence-electron chi connectivity index (χ3n) is 3.71. The maximum Gasteiger partial charge on any atom is 0.138 e. The zero-order valence-electron chi connectivity index (χ0n) is 12.0. The smallest absolute Gasteiger partial charge is 0.138 e. The van der Waals surface area contributed by atoms with Gasteiger partial charge in [-0.2, -0.15) is 5.10 Å². The summed E-state index contributed by atoms with van der Waals surface area (Å²) in [5.41, 5.74) is 1.80. The van der Waals surface area contributed by atoms with Gasteiger partial charge in [0.05, 0.1) is 10.9 Å². The predicted octanol–water partition coefficient (Wildman–Crippen LogP) is 3.23. The lowest BCUT2D eigenvalue weighted by Gasteiger charge is -2.07. The van der Waals surface area contributed by atoms with Crippen molar-refractivity contribution in [3.8, 4) is 0 Å². The van der Waals surface area contributed by atoms with Gasteiger partial charge in [0.1, 0.15) is 10.4 Å². The van der Waals surface area contributed by atoms with Gasteiger partial charge >= 0.3 is 0 Å². The first kappa shape index (κ1) is 14.9. The van der Waals surface area contributed by atoms with E-state index in [2.05, 4.69) is 26.3 Å². The Labute approximate surface area is 131 Å². The minimum absolute atomic E-state index is 0.218. The van der Waals surface area contributed by atoms with Crippen molar-refractivity contribution in [1.82, 2.24) is 15.1 Å². The average molecular weight is 356 g/mol. The number of aromatic nitrogens is 2. The molecular formula is C15H19BrFN3O. The number of hydrogen-bond acceptors (Lipinski definition) is 3. The molecule has 0 bridgehead atoms. The fourth-order valence-corrected chi connectivity index (χ4v) is 3.03. The van der Waals surface area contributed by atoms with Crippen LogP contribution in [0, 0.1) is 5.82 Å². The first-order valence-corrected chi connectivity index (χ1v) is 8.05. The first-order chi connectivity index (χ1) is 10.2. The lowest BCUT2D eigenvalue weighted by molar-refractivity contribution is 0.189. The monoisotopic (exact) mass is 355 g/mol. The van der Waals surface area contributed by atoms with Crippen molar-refractivity contribution in [1.29, 1.82) is 0 Å². The third kappa shape index (κ3) is 3.44. The average Bonchev–Trinajstić information content (AvgIpc) is 3.22. The summed E-state index contributed by atoms with van der Waals surface area (Å²) in [5, 5.41) is 8.36. The zero-order valence-corrected chi connectivity index (χ0v) is 13.6. The molecule has 0 aliphatic heterocycles.